The normalized spacial score (nSPS) is 14.6. The highest BCUT2D eigenvalue weighted by Gasteiger charge is 2.22. The Morgan fingerprint density at radius 3 is 2.63 bits per heavy atom. The van der Waals surface area contributed by atoms with Crippen LogP contribution in [0.2, 0.25) is 0 Å². The fraction of sp³-hybridized carbons (Fsp3) is 0.600. The lowest BCUT2D eigenvalue weighted by molar-refractivity contribution is 0.0830. The summed E-state index contributed by atoms with van der Waals surface area (Å²) < 4.78 is 19.1. The number of likely N-dealkylation sites (N-methyl/N-ethyl adjacent to an activating group) is 2. The highest BCUT2D eigenvalue weighted by molar-refractivity contribution is 5.20. The Morgan fingerprint density at radius 2 is 2.05 bits per heavy atom. The Kier molecular flexibility index (Phi) is 6.99. The van der Waals surface area contributed by atoms with E-state index in [1.54, 1.807) is 13.2 Å². The van der Waals surface area contributed by atoms with Crippen LogP contribution in [0.15, 0.2) is 24.3 Å². The van der Waals surface area contributed by atoms with Crippen molar-refractivity contribution < 1.29 is 9.13 Å². The fourth-order valence-electron chi connectivity index (χ4n) is 2.17. The summed E-state index contributed by atoms with van der Waals surface area (Å²) in [7, 11) is 3.71. The summed E-state index contributed by atoms with van der Waals surface area (Å²) in [6.07, 6.45) is 0. The molecule has 0 saturated heterocycles. The van der Waals surface area contributed by atoms with Gasteiger partial charge in [-0.1, -0.05) is 25.1 Å². The summed E-state index contributed by atoms with van der Waals surface area (Å²) in [5.74, 6) is -0.151. The second-order valence-electron chi connectivity index (χ2n) is 4.78. The standard InChI is InChI=1S/C15H25FN2O/c1-5-17-10-13(11-19-4)18(3)12(2)14-8-6-7-9-15(14)16/h6-9,12-13,17H,5,10-11H2,1-4H3. The van der Waals surface area contributed by atoms with Crippen molar-refractivity contribution >= 4 is 0 Å². The van der Waals surface area contributed by atoms with Crippen LogP contribution in [0.1, 0.15) is 25.5 Å². The van der Waals surface area contributed by atoms with Crippen LogP contribution in [0, 0.1) is 5.82 Å². The molecular weight excluding hydrogens is 243 g/mol. The lowest BCUT2D eigenvalue weighted by Crippen LogP contribution is -2.44. The number of rotatable bonds is 8. The first kappa shape index (κ1) is 16.1. The van der Waals surface area contributed by atoms with Crippen LogP contribution in [0.25, 0.3) is 0 Å². The molecule has 0 amide bonds. The maximum Gasteiger partial charge on any atom is 0.127 e. The minimum Gasteiger partial charge on any atom is -0.383 e. The van der Waals surface area contributed by atoms with E-state index in [2.05, 4.69) is 17.1 Å². The smallest absolute Gasteiger partial charge is 0.127 e. The second-order valence-corrected chi connectivity index (χ2v) is 4.78. The van der Waals surface area contributed by atoms with Crippen molar-refractivity contribution in [3.05, 3.63) is 35.6 Å². The van der Waals surface area contributed by atoms with Gasteiger partial charge in [0.1, 0.15) is 5.82 Å². The number of methoxy groups -OCH3 is 1. The first-order valence-corrected chi connectivity index (χ1v) is 6.77. The average Bonchev–Trinajstić information content (AvgIpc) is 2.42. The highest BCUT2D eigenvalue weighted by atomic mass is 19.1. The molecule has 1 aromatic rings. The van der Waals surface area contributed by atoms with Gasteiger partial charge in [-0.3, -0.25) is 4.90 Å². The van der Waals surface area contributed by atoms with Gasteiger partial charge in [0, 0.05) is 31.3 Å². The van der Waals surface area contributed by atoms with Gasteiger partial charge in [-0.15, -0.1) is 0 Å². The third-order valence-electron chi connectivity index (χ3n) is 3.53. The van der Waals surface area contributed by atoms with Gasteiger partial charge >= 0.3 is 0 Å². The Hall–Kier alpha value is -0.970. The van der Waals surface area contributed by atoms with Crippen LogP contribution in [0.5, 0.6) is 0 Å². The molecule has 0 heterocycles. The molecule has 0 aliphatic heterocycles. The molecule has 1 rings (SSSR count). The Balaban J connectivity index is 2.77. The van der Waals surface area contributed by atoms with E-state index in [4.69, 9.17) is 4.74 Å². The summed E-state index contributed by atoms with van der Waals surface area (Å²) >= 11 is 0. The fourth-order valence-corrected chi connectivity index (χ4v) is 2.17. The lowest BCUT2D eigenvalue weighted by atomic mass is 10.0. The molecule has 0 aliphatic carbocycles. The highest BCUT2D eigenvalue weighted by Crippen LogP contribution is 2.23. The van der Waals surface area contributed by atoms with Crippen molar-refractivity contribution in [1.82, 2.24) is 10.2 Å². The number of nitrogens with zero attached hydrogens (tertiary/aromatic N) is 1. The van der Waals surface area contributed by atoms with Gasteiger partial charge in [0.25, 0.3) is 0 Å². The number of ether oxygens (including phenoxy) is 1. The van der Waals surface area contributed by atoms with Gasteiger partial charge < -0.3 is 10.1 Å². The predicted molar refractivity (Wildman–Crippen MR) is 76.8 cm³/mol. The molecule has 0 aromatic heterocycles. The third kappa shape index (κ3) is 4.56. The van der Waals surface area contributed by atoms with E-state index in [0.717, 1.165) is 18.7 Å². The Bertz CT molecular complexity index is 373. The molecule has 1 aromatic carbocycles. The van der Waals surface area contributed by atoms with Crippen molar-refractivity contribution in [2.75, 3.05) is 33.9 Å². The minimum absolute atomic E-state index is 0.0139. The first-order chi connectivity index (χ1) is 9.11. The van der Waals surface area contributed by atoms with Crippen LogP contribution in [0.4, 0.5) is 4.39 Å². The van der Waals surface area contributed by atoms with Crippen molar-refractivity contribution in [1.29, 1.82) is 0 Å². The van der Waals surface area contributed by atoms with Crippen molar-refractivity contribution in [3.63, 3.8) is 0 Å². The predicted octanol–water partition coefficient (Wildman–Crippen LogP) is 2.44. The van der Waals surface area contributed by atoms with Crippen molar-refractivity contribution in [2.24, 2.45) is 0 Å². The van der Waals surface area contributed by atoms with E-state index >= 15 is 0 Å². The minimum atomic E-state index is -0.151. The molecule has 19 heavy (non-hydrogen) atoms. The molecule has 1 N–H and O–H groups in total. The summed E-state index contributed by atoms with van der Waals surface area (Å²) in [5, 5.41) is 3.32. The maximum absolute atomic E-state index is 13.8. The maximum atomic E-state index is 13.8. The summed E-state index contributed by atoms with van der Waals surface area (Å²) in [6.45, 7) is 6.47. The van der Waals surface area contributed by atoms with Crippen LogP contribution >= 0.6 is 0 Å². The van der Waals surface area contributed by atoms with E-state index in [0.29, 0.717) is 6.61 Å². The van der Waals surface area contributed by atoms with Crippen LogP contribution in [-0.2, 0) is 4.74 Å². The number of nitrogens with one attached hydrogen (secondary N) is 1. The lowest BCUT2D eigenvalue weighted by Gasteiger charge is -2.33. The molecule has 0 bridgehead atoms. The summed E-state index contributed by atoms with van der Waals surface area (Å²) in [6, 6.07) is 7.18. The molecule has 4 heteroatoms. The molecule has 2 atom stereocenters. The number of hydrogen-bond acceptors (Lipinski definition) is 3. The number of halogens is 1. The van der Waals surface area contributed by atoms with Gasteiger partial charge in [-0.05, 0) is 26.6 Å². The number of hydrogen-bond donors (Lipinski definition) is 1. The molecule has 0 aliphatic rings. The summed E-state index contributed by atoms with van der Waals surface area (Å²) in [4.78, 5) is 2.16. The van der Waals surface area contributed by atoms with Gasteiger partial charge in [0.05, 0.1) is 6.61 Å². The molecule has 0 spiro atoms. The summed E-state index contributed by atoms with van der Waals surface area (Å²) in [5.41, 5.74) is 0.725. The monoisotopic (exact) mass is 268 g/mol. The van der Waals surface area contributed by atoms with Gasteiger partial charge in [0.2, 0.25) is 0 Å². The molecule has 2 unspecified atom stereocenters. The molecule has 108 valence electrons. The van der Waals surface area contributed by atoms with E-state index in [1.165, 1.54) is 6.07 Å². The van der Waals surface area contributed by atoms with Crippen LogP contribution < -0.4 is 5.32 Å². The van der Waals surface area contributed by atoms with Gasteiger partial charge in [0.15, 0.2) is 0 Å². The SMILES string of the molecule is CCNCC(COC)N(C)C(C)c1ccccc1F. The third-order valence-corrected chi connectivity index (χ3v) is 3.53. The number of benzene rings is 1. The Morgan fingerprint density at radius 1 is 1.37 bits per heavy atom. The zero-order chi connectivity index (χ0) is 14.3. The topological polar surface area (TPSA) is 24.5 Å². The van der Waals surface area contributed by atoms with Crippen LogP contribution in [-0.4, -0.2) is 44.8 Å². The second kappa shape index (κ2) is 8.25. The quantitative estimate of drug-likeness (QED) is 0.784. The van der Waals surface area contributed by atoms with Crippen LogP contribution in [0.3, 0.4) is 0 Å². The molecule has 0 radical (unpaired) electrons. The van der Waals surface area contributed by atoms with E-state index in [1.807, 2.05) is 26.1 Å². The van der Waals surface area contributed by atoms with E-state index < -0.39 is 0 Å². The van der Waals surface area contributed by atoms with Crippen molar-refractivity contribution in [2.45, 2.75) is 25.9 Å². The first-order valence-electron chi connectivity index (χ1n) is 6.77. The Labute approximate surface area is 115 Å². The van der Waals surface area contributed by atoms with E-state index in [-0.39, 0.29) is 17.9 Å². The molecule has 0 fully saturated rings. The molecule has 0 saturated carbocycles. The largest absolute Gasteiger partial charge is 0.383 e. The zero-order valence-corrected chi connectivity index (χ0v) is 12.3. The van der Waals surface area contributed by atoms with Gasteiger partial charge in [-0.25, -0.2) is 4.39 Å². The zero-order valence-electron chi connectivity index (χ0n) is 12.3. The molecule has 3 nitrogen and oxygen atoms in total. The van der Waals surface area contributed by atoms with Gasteiger partial charge in [-0.2, -0.15) is 0 Å². The molecular formula is C15H25FN2O. The van der Waals surface area contributed by atoms with Crippen molar-refractivity contribution in [3.8, 4) is 0 Å². The van der Waals surface area contributed by atoms with E-state index in [9.17, 15) is 4.39 Å². The average molecular weight is 268 g/mol.